The van der Waals surface area contributed by atoms with Gasteiger partial charge < -0.3 is 16.0 Å². The maximum Gasteiger partial charge on any atom is 0.253 e. The SMILES string of the molecule is Cn1c(N)c(C(N)=O)c2cc(C3CC3)cnc21. The summed E-state index contributed by atoms with van der Waals surface area (Å²) in [5.74, 6) is 0.477. The highest BCUT2D eigenvalue weighted by Gasteiger charge is 2.26. The number of rotatable bonds is 2. The Morgan fingerprint density at radius 1 is 1.53 bits per heavy atom. The van der Waals surface area contributed by atoms with Crippen LogP contribution in [0.15, 0.2) is 12.3 Å². The number of hydrogen-bond donors (Lipinski definition) is 2. The zero-order chi connectivity index (χ0) is 12.2. The van der Waals surface area contributed by atoms with E-state index < -0.39 is 5.91 Å². The second-order valence-corrected chi connectivity index (χ2v) is 4.60. The van der Waals surface area contributed by atoms with E-state index in [1.807, 2.05) is 12.3 Å². The highest BCUT2D eigenvalue weighted by Crippen LogP contribution is 2.41. The number of pyridine rings is 1. The molecule has 1 aliphatic rings. The van der Waals surface area contributed by atoms with Crippen LogP contribution in [0.3, 0.4) is 0 Å². The molecule has 1 amide bonds. The van der Waals surface area contributed by atoms with Crippen molar-refractivity contribution in [1.82, 2.24) is 9.55 Å². The van der Waals surface area contributed by atoms with Crippen molar-refractivity contribution in [3.05, 3.63) is 23.4 Å². The third-order valence-corrected chi connectivity index (χ3v) is 3.39. The van der Waals surface area contributed by atoms with Crippen LogP contribution in [0.2, 0.25) is 0 Å². The van der Waals surface area contributed by atoms with Gasteiger partial charge in [-0.1, -0.05) is 0 Å². The first kappa shape index (κ1) is 10.1. The average Bonchev–Trinajstić information content (AvgIpc) is 3.08. The van der Waals surface area contributed by atoms with Gasteiger partial charge in [-0.3, -0.25) is 4.79 Å². The molecule has 0 atom stereocenters. The first-order valence-electron chi connectivity index (χ1n) is 5.63. The first-order valence-corrected chi connectivity index (χ1v) is 5.63. The number of amides is 1. The maximum atomic E-state index is 11.4. The standard InChI is InChI=1S/C12H14N4O/c1-16-10(13)9(11(14)17)8-4-7(6-2-3-6)5-15-12(8)16/h4-6H,2-3,13H2,1H3,(H2,14,17). The van der Waals surface area contributed by atoms with E-state index in [2.05, 4.69) is 4.98 Å². The second-order valence-electron chi connectivity index (χ2n) is 4.60. The van der Waals surface area contributed by atoms with Gasteiger partial charge in [0.1, 0.15) is 11.5 Å². The van der Waals surface area contributed by atoms with Gasteiger partial charge in [0, 0.05) is 18.6 Å². The van der Waals surface area contributed by atoms with Gasteiger partial charge in [-0.15, -0.1) is 0 Å². The highest BCUT2D eigenvalue weighted by molar-refractivity contribution is 6.10. The molecule has 5 heteroatoms. The van der Waals surface area contributed by atoms with Gasteiger partial charge in [-0.25, -0.2) is 4.98 Å². The Morgan fingerprint density at radius 3 is 2.82 bits per heavy atom. The molecule has 2 heterocycles. The van der Waals surface area contributed by atoms with Crippen LogP contribution < -0.4 is 11.5 Å². The highest BCUT2D eigenvalue weighted by atomic mass is 16.1. The zero-order valence-electron chi connectivity index (χ0n) is 9.60. The molecule has 0 radical (unpaired) electrons. The number of primary amides is 1. The number of aromatic nitrogens is 2. The molecule has 1 fully saturated rings. The molecule has 17 heavy (non-hydrogen) atoms. The minimum atomic E-state index is -0.497. The molecular formula is C12H14N4O. The van der Waals surface area contributed by atoms with Gasteiger partial charge in [0.05, 0.1) is 5.56 Å². The molecule has 0 aromatic carbocycles. The lowest BCUT2D eigenvalue weighted by Gasteiger charge is -1.99. The number of carbonyl (C=O) groups is 1. The van der Waals surface area contributed by atoms with Gasteiger partial charge in [0.2, 0.25) is 0 Å². The van der Waals surface area contributed by atoms with Crippen LogP contribution in [0, 0.1) is 0 Å². The predicted molar refractivity (Wildman–Crippen MR) is 65.6 cm³/mol. The quantitative estimate of drug-likeness (QED) is 0.810. The molecular weight excluding hydrogens is 216 g/mol. The molecule has 0 aliphatic heterocycles. The Bertz CT molecular complexity index is 625. The summed E-state index contributed by atoms with van der Waals surface area (Å²) < 4.78 is 1.70. The molecule has 0 bridgehead atoms. The van der Waals surface area contributed by atoms with E-state index in [4.69, 9.17) is 11.5 Å². The first-order chi connectivity index (χ1) is 8.09. The summed E-state index contributed by atoms with van der Waals surface area (Å²) >= 11 is 0. The van der Waals surface area contributed by atoms with Gasteiger partial charge in [-0.05, 0) is 30.4 Å². The molecule has 3 rings (SSSR count). The molecule has 88 valence electrons. The normalized spacial score (nSPS) is 15.4. The number of aryl methyl sites for hydroxylation is 1. The van der Waals surface area contributed by atoms with E-state index in [-0.39, 0.29) is 0 Å². The van der Waals surface area contributed by atoms with E-state index in [0.717, 1.165) is 5.39 Å². The molecule has 0 unspecified atom stereocenters. The smallest absolute Gasteiger partial charge is 0.253 e. The maximum absolute atomic E-state index is 11.4. The molecule has 1 saturated carbocycles. The van der Waals surface area contributed by atoms with Gasteiger partial charge in [-0.2, -0.15) is 0 Å². The van der Waals surface area contributed by atoms with E-state index >= 15 is 0 Å². The molecule has 0 spiro atoms. The summed E-state index contributed by atoms with van der Waals surface area (Å²) in [5, 5.41) is 0.766. The fourth-order valence-corrected chi connectivity index (χ4v) is 2.24. The Balaban J connectivity index is 2.32. The third kappa shape index (κ3) is 1.39. The van der Waals surface area contributed by atoms with E-state index in [0.29, 0.717) is 22.9 Å². The largest absolute Gasteiger partial charge is 0.384 e. The van der Waals surface area contributed by atoms with E-state index in [9.17, 15) is 4.79 Å². The average molecular weight is 230 g/mol. The van der Waals surface area contributed by atoms with Crippen LogP contribution in [-0.2, 0) is 7.05 Å². The van der Waals surface area contributed by atoms with Crippen molar-refractivity contribution in [2.75, 3.05) is 5.73 Å². The number of hydrogen-bond acceptors (Lipinski definition) is 3. The number of fused-ring (bicyclic) bond motifs is 1. The van der Waals surface area contributed by atoms with Crippen molar-refractivity contribution in [1.29, 1.82) is 0 Å². The van der Waals surface area contributed by atoms with Crippen molar-refractivity contribution in [3.63, 3.8) is 0 Å². The van der Waals surface area contributed by atoms with Crippen molar-refractivity contribution >= 4 is 22.8 Å². The van der Waals surface area contributed by atoms with Crippen LogP contribution >= 0.6 is 0 Å². The fourth-order valence-electron chi connectivity index (χ4n) is 2.24. The van der Waals surface area contributed by atoms with Crippen molar-refractivity contribution in [2.45, 2.75) is 18.8 Å². The monoisotopic (exact) mass is 230 g/mol. The van der Waals surface area contributed by atoms with Crippen LogP contribution in [0.5, 0.6) is 0 Å². The predicted octanol–water partition coefficient (Wildman–Crippen LogP) is 1.13. The van der Waals surface area contributed by atoms with Crippen molar-refractivity contribution in [3.8, 4) is 0 Å². The van der Waals surface area contributed by atoms with E-state index in [1.165, 1.54) is 18.4 Å². The van der Waals surface area contributed by atoms with Crippen molar-refractivity contribution in [2.24, 2.45) is 12.8 Å². The number of anilines is 1. The number of nitrogens with zero attached hydrogens (tertiary/aromatic N) is 2. The summed E-state index contributed by atoms with van der Waals surface area (Å²) in [5.41, 5.74) is 13.5. The Labute approximate surface area is 98.4 Å². The molecule has 5 nitrogen and oxygen atoms in total. The molecule has 1 aliphatic carbocycles. The van der Waals surface area contributed by atoms with Crippen molar-refractivity contribution < 1.29 is 4.79 Å². The third-order valence-electron chi connectivity index (χ3n) is 3.39. The Kier molecular flexibility index (Phi) is 1.92. The minimum Gasteiger partial charge on any atom is -0.384 e. The molecule has 2 aromatic heterocycles. The number of carbonyl (C=O) groups excluding carboxylic acids is 1. The lowest BCUT2D eigenvalue weighted by Crippen LogP contribution is -2.13. The lowest BCUT2D eigenvalue weighted by molar-refractivity contribution is 0.100. The molecule has 0 saturated heterocycles. The fraction of sp³-hybridized carbons (Fsp3) is 0.333. The van der Waals surface area contributed by atoms with Crippen LogP contribution in [0.4, 0.5) is 5.82 Å². The number of nitrogen functional groups attached to an aromatic ring is 1. The Morgan fingerprint density at radius 2 is 2.24 bits per heavy atom. The van der Waals surface area contributed by atoms with E-state index in [1.54, 1.807) is 11.6 Å². The van der Waals surface area contributed by atoms with Gasteiger partial charge in [0.15, 0.2) is 0 Å². The second kappa shape index (κ2) is 3.23. The summed E-state index contributed by atoms with van der Waals surface area (Å²) in [4.78, 5) is 15.8. The van der Waals surface area contributed by atoms with Crippen LogP contribution in [0.1, 0.15) is 34.7 Å². The lowest BCUT2D eigenvalue weighted by atomic mass is 10.1. The minimum absolute atomic E-state index is 0.382. The summed E-state index contributed by atoms with van der Waals surface area (Å²) in [6.45, 7) is 0. The summed E-state index contributed by atoms with van der Waals surface area (Å²) in [6, 6.07) is 2.00. The summed E-state index contributed by atoms with van der Waals surface area (Å²) in [6.07, 6.45) is 4.26. The summed E-state index contributed by atoms with van der Waals surface area (Å²) in [7, 11) is 1.79. The molecule has 4 N–H and O–H groups in total. The van der Waals surface area contributed by atoms with Crippen LogP contribution in [-0.4, -0.2) is 15.5 Å². The van der Waals surface area contributed by atoms with Gasteiger partial charge in [0.25, 0.3) is 5.91 Å². The topological polar surface area (TPSA) is 86.9 Å². The van der Waals surface area contributed by atoms with Crippen LogP contribution in [0.25, 0.3) is 11.0 Å². The molecule has 2 aromatic rings. The zero-order valence-corrected chi connectivity index (χ0v) is 9.60. The van der Waals surface area contributed by atoms with Gasteiger partial charge >= 0.3 is 0 Å². The number of nitrogens with two attached hydrogens (primary N) is 2. The Hall–Kier alpha value is -2.04.